The third kappa shape index (κ3) is 3.49. The first-order chi connectivity index (χ1) is 8.36. The number of rotatable bonds is 1. The number of nitrogens with one attached hydrogen (secondary N) is 1. The molecule has 5 heteroatoms. The third-order valence-corrected chi connectivity index (χ3v) is 2.63. The van der Waals surface area contributed by atoms with Crippen LogP contribution in [0.3, 0.4) is 0 Å². The monoisotopic (exact) mass is 244 g/mol. The van der Waals surface area contributed by atoms with E-state index in [1.54, 1.807) is 29.2 Å². The number of thiazole rings is 1. The molecule has 0 amide bonds. The van der Waals surface area contributed by atoms with Crippen LogP contribution in [0, 0.1) is 6.92 Å². The van der Waals surface area contributed by atoms with Crippen molar-refractivity contribution in [1.82, 2.24) is 20.4 Å². The highest BCUT2D eigenvalue weighted by molar-refractivity contribution is 7.07. The molecule has 0 fully saturated rings. The minimum atomic E-state index is 0.884. The van der Waals surface area contributed by atoms with Crippen LogP contribution in [0.4, 0.5) is 0 Å². The molecule has 2 heterocycles. The number of aromatic amines is 1. The molecule has 17 heavy (non-hydrogen) atoms. The van der Waals surface area contributed by atoms with E-state index in [9.17, 15) is 0 Å². The summed E-state index contributed by atoms with van der Waals surface area (Å²) in [5.41, 5.74) is 5.02. The highest BCUT2D eigenvalue weighted by Crippen LogP contribution is 2.14. The second-order valence-corrected chi connectivity index (χ2v) is 4.15. The lowest BCUT2D eigenvalue weighted by Gasteiger charge is -1.94. The van der Waals surface area contributed by atoms with Gasteiger partial charge in [0.2, 0.25) is 0 Å². The zero-order chi connectivity index (χ0) is 11.9. The number of aryl methyl sites for hydroxylation is 1. The molecule has 0 saturated heterocycles. The molecule has 3 rings (SSSR count). The molecule has 0 unspecified atom stereocenters. The molecule has 0 spiro atoms. The van der Waals surface area contributed by atoms with Gasteiger partial charge in [0.1, 0.15) is 5.69 Å². The first kappa shape index (κ1) is 11.5. The summed E-state index contributed by atoms with van der Waals surface area (Å²) < 4.78 is 0. The normalized spacial score (nSPS) is 9.47. The van der Waals surface area contributed by atoms with Crippen molar-refractivity contribution in [2.75, 3.05) is 0 Å². The first-order valence-corrected chi connectivity index (χ1v) is 6.05. The summed E-state index contributed by atoms with van der Waals surface area (Å²) >= 11 is 1.60. The van der Waals surface area contributed by atoms with E-state index < -0.39 is 0 Å². The Morgan fingerprint density at radius 2 is 2.00 bits per heavy atom. The van der Waals surface area contributed by atoms with E-state index in [0.29, 0.717) is 0 Å². The van der Waals surface area contributed by atoms with Crippen LogP contribution in [0.5, 0.6) is 0 Å². The minimum Gasteiger partial charge on any atom is -0.253 e. The molecule has 0 aliphatic heterocycles. The molecule has 0 saturated carbocycles. The second kappa shape index (κ2) is 5.91. The number of benzene rings is 1. The van der Waals surface area contributed by atoms with Gasteiger partial charge >= 0.3 is 0 Å². The van der Waals surface area contributed by atoms with Gasteiger partial charge in [-0.05, 0) is 6.92 Å². The van der Waals surface area contributed by atoms with Crippen LogP contribution in [-0.2, 0) is 0 Å². The Kier molecular flexibility index (Phi) is 3.99. The quantitative estimate of drug-likeness (QED) is 0.716. The molecule has 0 aliphatic rings. The number of hydrogen-bond acceptors (Lipinski definition) is 4. The van der Waals surface area contributed by atoms with Crippen molar-refractivity contribution in [2.45, 2.75) is 6.92 Å². The van der Waals surface area contributed by atoms with Crippen LogP contribution in [0.1, 0.15) is 5.56 Å². The van der Waals surface area contributed by atoms with Gasteiger partial charge in [-0.25, -0.2) is 0 Å². The molecule has 3 aromatic rings. The summed E-state index contributed by atoms with van der Waals surface area (Å²) in [4.78, 5) is 3.74. The highest BCUT2D eigenvalue weighted by atomic mass is 32.1. The van der Waals surface area contributed by atoms with E-state index in [4.69, 9.17) is 0 Å². The van der Waals surface area contributed by atoms with Crippen LogP contribution >= 0.6 is 11.3 Å². The van der Waals surface area contributed by atoms with Crippen LogP contribution in [-0.4, -0.2) is 20.4 Å². The fourth-order valence-electron chi connectivity index (χ4n) is 1.24. The van der Waals surface area contributed by atoms with Gasteiger partial charge in [0.15, 0.2) is 0 Å². The largest absolute Gasteiger partial charge is 0.253 e. The summed E-state index contributed by atoms with van der Waals surface area (Å²) in [5.74, 6) is 0. The van der Waals surface area contributed by atoms with E-state index in [-0.39, 0.29) is 0 Å². The van der Waals surface area contributed by atoms with Gasteiger partial charge in [-0.1, -0.05) is 29.8 Å². The average Bonchev–Trinajstić information content (AvgIpc) is 3.06. The Hall–Kier alpha value is -2.01. The number of H-pyrrole nitrogens is 1. The van der Waals surface area contributed by atoms with Crippen molar-refractivity contribution in [3.8, 4) is 11.3 Å². The fourth-order valence-corrected chi connectivity index (χ4v) is 1.59. The van der Waals surface area contributed by atoms with Crippen molar-refractivity contribution in [3.05, 3.63) is 53.1 Å². The minimum absolute atomic E-state index is 0.884. The van der Waals surface area contributed by atoms with E-state index >= 15 is 0 Å². The Balaban J connectivity index is 0.000000181. The molecule has 1 N–H and O–H groups in total. The predicted octanol–water partition coefficient (Wildman–Crippen LogP) is 2.92. The highest BCUT2D eigenvalue weighted by Gasteiger charge is 1.97. The Bertz CT molecular complexity index is 497. The topological polar surface area (TPSA) is 54.5 Å². The molecular weight excluding hydrogens is 232 g/mol. The van der Waals surface area contributed by atoms with Gasteiger partial charge < -0.3 is 0 Å². The molecule has 86 valence electrons. The van der Waals surface area contributed by atoms with Crippen LogP contribution in [0.15, 0.2) is 47.5 Å². The average molecular weight is 244 g/mol. The van der Waals surface area contributed by atoms with Crippen LogP contribution < -0.4 is 0 Å². The van der Waals surface area contributed by atoms with E-state index in [0.717, 1.165) is 11.3 Å². The van der Waals surface area contributed by atoms with Gasteiger partial charge in [0, 0.05) is 17.1 Å². The molecule has 1 aromatic carbocycles. The Labute approximate surface area is 103 Å². The zero-order valence-electron chi connectivity index (χ0n) is 9.37. The van der Waals surface area contributed by atoms with E-state index in [2.05, 4.69) is 39.5 Å². The summed E-state index contributed by atoms with van der Waals surface area (Å²) in [7, 11) is 0. The maximum Gasteiger partial charge on any atom is 0.112 e. The standard InChI is InChI=1S/C9H9N3.C3H3NS/c1-7-2-4-8(5-3-7)9-6-10-12-11-9;1-2-5-3-4-1/h2-6H,1H3,(H,10,11,12);1-3H. The summed E-state index contributed by atoms with van der Waals surface area (Å²) in [6.07, 6.45) is 3.48. The van der Waals surface area contributed by atoms with Gasteiger partial charge in [0.25, 0.3) is 0 Å². The molecule has 0 bridgehead atoms. The number of hydrogen-bond donors (Lipinski definition) is 1. The molecule has 0 atom stereocenters. The van der Waals surface area contributed by atoms with Crippen LogP contribution in [0.2, 0.25) is 0 Å². The molecule has 0 aliphatic carbocycles. The summed E-state index contributed by atoms with van der Waals surface area (Å²) in [6, 6.07) is 8.19. The Morgan fingerprint density at radius 3 is 2.47 bits per heavy atom. The van der Waals surface area contributed by atoms with Gasteiger partial charge in [-0.2, -0.15) is 15.4 Å². The first-order valence-electron chi connectivity index (χ1n) is 5.11. The molecule has 0 radical (unpaired) electrons. The van der Waals surface area contributed by atoms with Crippen molar-refractivity contribution in [1.29, 1.82) is 0 Å². The van der Waals surface area contributed by atoms with Crippen molar-refractivity contribution < 1.29 is 0 Å². The lowest BCUT2D eigenvalue weighted by Crippen LogP contribution is -1.77. The summed E-state index contributed by atoms with van der Waals surface area (Å²) in [5, 5.41) is 12.2. The predicted molar refractivity (Wildman–Crippen MR) is 68.7 cm³/mol. The van der Waals surface area contributed by atoms with Crippen molar-refractivity contribution in [2.24, 2.45) is 0 Å². The maximum atomic E-state index is 3.98. The van der Waals surface area contributed by atoms with E-state index in [1.165, 1.54) is 5.56 Å². The summed E-state index contributed by atoms with van der Waals surface area (Å²) in [6.45, 7) is 2.06. The second-order valence-electron chi connectivity index (χ2n) is 3.40. The molecule has 2 aromatic heterocycles. The van der Waals surface area contributed by atoms with Crippen LogP contribution in [0.25, 0.3) is 11.3 Å². The fraction of sp³-hybridized carbons (Fsp3) is 0.0833. The maximum absolute atomic E-state index is 3.98. The number of nitrogens with zero attached hydrogens (tertiary/aromatic N) is 3. The lowest BCUT2D eigenvalue weighted by molar-refractivity contribution is 0.942. The third-order valence-electron chi connectivity index (χ3n) is 2.11. The van der Waals surface area contributed by atoms with Gasteiger partial charge in [-0.3, -0.25) is 4.98 Å². The molecular formula is C12H12N4S. The zero-order valence-corrected chi connectivity index (χ0v) is 10.2. The smallest absolute Gasteiger partial charge is 0.112 e. The van der Waals surface area contributed by atoms with Gasteiger partial charge in [-0.15, -0.1) is 11.3 Å². The van der Waals surface area contributed by atoms with Gasteiger partial charge in [0.05, 0.1) is 11.7 Å². The van der Waals surface area contributed by atoms with E-state index in [1.807, 2.05) is 17.5 Å². The molecule has 4 nitrogen and oxygen atoms in total. The SMILES string of the molecule is Cc1ccc(-c2cn[nH]n2)cc1.c1cscn1. The van der Waals surface area contributed by atoms with Crippen molar-refractivity contribution in [3.63, 3.8) is 0 Å². The number of aromatic nitrogens is 4. The lowest BCUT2D eigenvalue weighted by atomic mass is 10.1. The van der Waals surface area contributed by atoms with Crippen molar-refractivity contribution >= 4 is 11.3 Å². The Morgan fingerprint density at radius 1 is 1.18 bits per heavy atom.